The molecule has 0 aliphatic carbocycles. The average molecular weight is 792 g/mol. The zero-order chi connectivity index (χ0) is 37.9. The first-order chi connectivity index (χ1) is 25.6. The third kappa shape index (κ3) is 7.29. The topological polar surface area (TPSA) is 120 Å². The van der Waals surface area contributed by atoms with Crippen molar-refractivity contribution in [2.24, 2.45) is 11.8 Å². The summed E-state index contributed by atoms with van der Waals surface area (Å²) in [7, 11) is 1.71. The molecule has 2 fully saturated rings. The van der Waals surface area contributed by atoms with Crippen LogP contribution in [0.3, 0.4) is 0 Å². The number of carbonyl (C=O) groups is 4. The summed E-state index contributed by atoms with van der Waals surface area (Å²) in [4.78, 5) is 65.1. The van der Waals surface area contributed by atoms with Crippen LogP contribution in [0, 0.1) is 11.8 Å². The molecular weight excluding hydrogens is 740 g/mol. The van der Waals surface area contributed by atoms with Crippen LogP contribution < -0.4 is 9.80 Å². The van der Waals surface area contributed by atoms with Gasteiger partial charge in [0, 0.05) is 62.1 Å². The molecule has 7 atom stereocenters. The second-order valence-electron chi connectivity index (χ2n) is 14.3. The maximum absolute atomic E-state index is 15.2. The van der Waals surface area contributed by atoms with Gasteiger partial charge < -0.3 is 34.2 Å². The van der Waals surface area contributed by atoms with E-state index >= 15 is 4.79 Å². The fourth-order valence-electron chi connectivity index (χ4n) is 8.38. The summed E-state index contributed by atoms with van der Waals surface area (Å²) >= 11 is 3.65. The molecule has 284 valence electrons. The minimum absolute atomic E-state index is 0.0304. The number of aliphatic hydroxyl groups excluding tert-OH is 1. The van der Waals surface area contributed by atoms with Gasteiger partial charge in [0.2, 0.25) is 11.8 Å². The van der Waals surface area contributed by atoms with Crippen molar-refractivity contribution in [3.05, 3.63) is 82.9 Å². The minimum atomic E-state index is -1.42. The van der Waals surface area contributed by atoms with Crippen molar-refractivity contribution in [1.29, 1.82) is 0 Å². The van der Waals surface area contributed by atoms with E-state index in [4.69, 9.17) is 9.47 Å². The predicted octanol–water partition coefficient (Wildman–Crippen LogP) is 5.38. The Hall–Kier alpha value is -4.00. The summed E-state index contributed by atoms with van der Waals surface area (Å²) in [5.74, 6) is -3.43. The van der Waals surface area contributed by atoms with Crippen molar-refractivity contribution in [3.63, 3.8) is 0 Å². The van der Waals surface area contributed by atoms with E-state index in [0.29, 0.717) is 35.9 Å². The fourth-order valence-corrected chi connectivity index (χ4v) is 9.12. The van der Waals surface area contributed by atoms with Crippen LogP contribution in [0.1, 0.15) is 64.5 Å². The van der Waals surface area contributed by atoms with E-state index in [1.807, 2.05) is 79.7 Å². The number of carbonyl (C=O) groups excluding carboxylic acids is 4. The van der Waals surface area contributed by atoms with Crippen LogP contribution in [-0.4, -0.2) is 102 Å². The molecule has 2 aromatic rings. The Morgan fingerprint density at radius 2 is 1.64 bits per heavy atom. The van der Waals surface area contributed by atoms with Crippen molar-refractivity contribution >= 4 is 51.0 Å². The van der Waals surface area contributed by atoms with Crippen molar-refractivity contribution < 1.29 is 33.8 Å². The van der Waals surface area contributed by atoms with Gasteiger partial charge in [0.1, 0.15) is 29.8 Å². The lowest BCUT2D eigenvalue weighted by atomic mass is 9.74. The highest BCUT2D eigenvalue weighted by Crippen LogP contribution is 2.59. The molecule has 11 nitrogen and oxygen atoms in total. The summed E-state index contributed by atoms with van der Waals surface area (Å²) in [6.07, 6.45) is 6.45. The molecule has 5 bridgehead atoms. The van der Waals surface area contributed by atoms with E-state index in [1.54, 1.807) is 21.7 Å². The molecule has 1 spiro atoms. The number of aliphatic hydroxyl groups is 1. The quantitative estimate of drug-likeness (QED) is 0.194. The molecule has 0 saturated carbocycles. The standard InChI is InChI=1S/C41H51BrN4O7/c1-5-44(6-2)29-19-21-30(22-20-29)45-23-13-8-12-18-32(48)43(4)27(3)35(28-16-10-7-11-17-28)52-40(51)33-34-38(49)46(24-14-9-15-25-47)37(39(45)50)41(34)26-31(42)36(33)53-41/h7-8,10-11,13,16-17,19-22,26-27,33-37,47H,5-6,9,12,14-15,18,23-25H2,1-4H3/b13-8-/t27-,33+,34-,35+,36+,37+,41-/m0/s1. The number of likely N-dealkylation sites (tertiary alicyclic amines) is 1. The molecule has 0 unspecified atom stereocenters. The molecule has 2 saturated heterocycles. The van der Waals surface area contributed by atoms with Crippen LogP contribution >= 0.6 is 15.9 Å². The van der Waals surface area contributed by atoms with Crippen molar-refractivity contribution in [2.45, 2.75) is 82.8 Å². The molecular formula is C41H51BrN4O7. The molecule has 1 N–H and O–H groups in total. The van der Waals surface area contributed by atoms with E-state index in [0.717, 1.165) is 24.3 Å². The van der Waals surface area contributed by atoms with Crippen LogP contribution in [0.5, 0.6) is 0 Å². The van der Waals surface area contributed by atoms with Crippen LogP contribution in [0.25, 0.3) is 0 Å². The molecule has 0 aromatic heterocycles. The molecule has 6 rings (SSSR count). The molecule has 4 heterocycles. The second kappa shape index (κ2) is 16.6. The highest BCUT2D eigenvalue weighted by molar-refractivity contribution is 9.11. The highest BCUT2D eigenvalue weighted by atomic mass is 79.9. The van der Waals surface area contributed by atoms with Crippen LogP contribution in [0.2, 0.25) is 0 Å². The molecule has 0 radical (unpaired) electrons. The maximum Gasteiger partial charge on any atom is 0.313 e. The smallest absolute Gasteiger partial charge is 0.313 e. The molecule has 4 aliphatic heterocycles. The summed E-state index contributed by atoms with van der Waals surface area (Å²) in [6.45, 7) is 8.20. The number of anilines is 2. The number of likely N-dealkylation sites (N-methyl/N-ethyl adjacent to an activating group) is 1. The highest BCUT2D eigenvalue weighted by Gasteiger charge is 2.75. The fraction of sp³-hybridized carbons (Fsp3) is 0.512. The van der Waals surface area contributed by atoms with Gasteiger partial charge in [0.15, 0.2) is 0 Å². The first-order valence-corrected chi connectivity index (χ1v) is 19.7. The van der Waals surface area contributed by atoms with Crippen molar-refractivity contribution in [2.75, 3.05) is 49.6 Å². The third-order valence-electron chi connectivity index (χ3n) is 11.3. The Kier molecular flexibility index (Phi) is 12.1. The Labute approximate surface area is 320 Å². The number of fused-ring (bicyclic) bond motifs is 2. The second-order valence-corrected chi connectivity index (χ2v) is 15.2. The lowest BCUT2D eigenvalue weighted by Gasteiger charge is -2.36. The first kappa shape index (κ1) is 38.7. The summed E-state index contributed by atoms with van der Waals surface area (Å²) < 4.78 is 13.7. The summed E-state index contributed by atoms with van der Waals surface area (Å²) in [5.41, 5.74) is 0.987. The third-order valence-corrected chi connectivity index (χ3v) is 12.0. The monoisotopic (exact) mass is 790 g/mol. The van der Waals surface area contributed by atoms with E-state index in [9.17, 15) is 19.5 Å². The average Bonchev–Trinajstić information content (AvgIpc) is 3.76. The number of halogens is 1. The number of esters is 1. The van der Waals surface area contributed by atoms with Gasteiger partial charge in [-0.2, -0.15) is 0 Å². The van der Waals surface area contributed by atoms with Gasteiger partial charge >= 0.3 is 5.97 Å². The lowest BCUT2D eigenvalue weighted by Crippen LogP contribution is -2.56. The largest absolute Gasteiger partial charge is 0.455 e. The Morgan fingerprint density at radius 3 is 2.32 bits per heavy atom. The molecule has 2 aromatic carbocycles. The number of amides is 3. The number of hydrogen-bond acceptors (Lipinski definition) is 8. The van der Waals surface area contributed by atoms with Gasteiger partial charge in [0.25, 0.3) is 5.91 Å². The number of benzene rings is 2. The normalized spacial score (nSPS) is 29.7. The van der Waals surface area contributed by atoms with E-state index in [2.05, 4.69) is 34.7 Å². The number of allylic oxidation sites excluding steroid dienone is 1. The lowest BCUT2D eigenvalue weighted by molar-refractivity contribution is -0.164. The zero-order valence-corrected chi connectivity index (χ0v) is 32.6. The van der Waals surface area contributed by atoms with E-state index in [1.165, 1.54) is 0 Å². The van der Waals surface area contributed by atoms with E-state index < -0.39 is 47.7 Å². The first-order valence-electron chi connectivity index (χ1n) is 18.9. The molecule has 12 heteroatoms. The van der Waals surface area contributed by atoms with E-state index in [-0.39, 0.29) is 43.8 Å². The zero-order valence-electron chi connectivity index (χ0n) is 31.0. The van der Waals surface area contributed by atoms with Gasteiger partial charge in [-0.25, -0.2) is 0 Å². The summed E-state index contributed by atoms with van der Waals surface area (Å²) in [5, 5.41) is 9.47. The molecule has 4 aliphatic rings. The number of rotatable bonds is 10. The predicted molar refractivity (Wildman–Crippen MR) is 206 cm³/mol. The van der Waals surface area contributed by atoms with Crippen molar-refractivity contribution in [1.82, 2.24) is 9.80 Å². The maximum atomic E-state index is 15.2. The number of unbranched alkanes of at least 4 members (excludes halogenated alkanes) is 2. The van der Waals surface area contributed by atoms with Crippen molar-refractivity contribution in [3.8, 4) is 0 Å². The molecule has 3 amide bonds. The number of cyclic esters (lactones) is 1. The van der Waals surface area contributed by atoms with Gasteiger partial charge in [-0.1, -0.05) is 58.4 Å². The molecule has 53 heavy (non-hydrogen) atoms. The van der Waals surface area contributed by atoms with Crippen LogP contribution in [-0.2, 0) is 28.7 Å². The Morgan fingerprint density at radius 1 is 0.925 bits per heavy atom. The van der Waals surface area contributed by atoms with Gasteiger partial charge in [0.05, 0.1) is 12.0 Å². The van der Waals surface area contributed by atoms with Gasteiger partial charge in [-0.3, -0.25) is 19.2 Å². The number of nitrogens with zero attached hydrogens (tertiary/aromatic N) is 4. The van der Waals surface area contributed by atoms with Crippen LogP contribution in [0.4, 0.5) is 11.4 Å². The van der Waals surface area contributed by atoms with Crippen LogP contribution in [0.15, 0.2) is 77.3 Å². The minimum Gasteiger partial charge on any atom is -0.455 e. The van der Waals surface area contributed by atoms with Gasteiger partial charge in [-0.15, -0.1) is 0 Å². The number of hydrogen-bond donors (Lipinski definition) is 1. The Balaban J connectivity index is 1.45. The SMILES string of the molecule is CCN(CC)c1ccc(N2C/C=C\CCC(=O)N(C)[C@@H](C)[C@H](c3ccccc3)OC(=O)[C@H]3[C@@H]4O[C@@]5(C=C4Br)[C@@H]3C(=O)N(CCCCCO)[C@@H]5C2=O)cc1. The number of ether oxygens (including phenoxy) is 2. The van der Waals surface area contributed by atoms with Gasteiger partial charge in [-0.05, 0) is 82.4 Å². The summed E-state index contributed by atoms with van der Waals surface area (Å²) in [6, 6.07) is 15.5. The Bertz CT molecular complexity index is 1710.